The number of aliphatic hydroxyl groups is 1. The zero-order valence-electron chi connectivity index (χ0n) is 14.5. The fourth-order valence-electron chi connectivity index (χ4n) is 3.97. The maximum atomic E-state index is 12.6. The predicted octanol–water partition coefficient (Wildman–Crippen LogP) is 2.58. The highest BCUT2D eigenvalue weighted by Crippen LogP contribution is 2.49. The van der Waals surface area contributed by atoms with Crippen LogP contribution in [0.15, 0.2) is 23.5 Å². The van der Waals surface area contributed by atoms with E-state index in [0.717, 1.165) is 0 Å². The molecule has 4 unspecified atom stereocenters. The van der Waals surface area contributed by atoms with Gasteiger partial charge < -0.3 is 24.4 Å². The number of allylic oxidation sites excluding steroid dienone is 1. The Kier molecular flexibility index (Phi) is 3.91. The van der Waals surface area contributed by atoms with Crippen LogP contribution in [0.3, 0.4) is 0 Å². The molecule has 4 atom stereocenters. The molecule has 2 heterocycles. The first-order valence-corrected chi connectivity index (χ1v) is 8.61. The van der Waals surface area contributed by atoms with Crippen LogP contribution in [-0.4, -0.2) is 41.3 Å². The van der Waals surface area contributed by atoms with E-state index in [0.29, 0.717) is 29.7 Å². The number of Topliss-reactive ketones (excluding diaryl/α,β-unsaturated/α-hetero) is 1. The van der Waals surface area contributed by atoms with Crippen LogP contribution in [0.4, 0.5) is 0 Å². The minimum Gasteiger partial charge on any atom is -0.507 e. The Balaban J connectivity index is 1.77. The van der Waals surface area contributed by atoms with Gasteiger partial charge in [0.25, 0.3) is 0 Å². The molecule has 4 rings (SSSR count). The third-order valence-electron chi connectivity index (χ3n) is 5.29. The van der Waals surface area contributed by atoms with Crippen molar-refractivity contribution >= 4 is 11.8 Å². The zero-order valence-corrected chi connectivity index (χ0v) is 14.5. The number of aliphatic hydroxyl groups excluding tert-OH is 1. The summed E-state index contributed by atoms with van der Waals surface area (Å²) in [6.45, 7) is 1.74. The van der Waals surface area contributed by atoms with Crippen molar-refractivity contribution in [3.05, 3.63) is 34.6 Å². The number of aromatic hydroxyl groups is 1. The topological polar surface area (TPSA) is 106 Å². The van der Waals surface area contributed by atoms with Gasteiger partial charge in [-0.25, -0.2) is 4.79 Å². The van der Waals surface area contributed by atoms with Gasteiger partial charge in [0.2, 0.25) is 0 Å². The van der Waals surface area contributed by atoms with Crippen molar-refractivity contribution in [3.63, 3.8) is 0 Å². The second-order valence-corrected chi connectivity index (χ2v) is 7.06. The summed E-state index contributed by atoms with van der Waals surface area (Å²) < 4.78 is 16.4. The number of cyclic esters (lactones) is 1. The number of epoxide rings is 1. The average molecular weight is 360 g/mol. The smallest absolute Gasteiger partial charge is 0.342 e. The number of ketones is 1. The Morgan fingerprint density at radius 1 is 1.19 bits per heavy atom. The number of hydrogen-bond donors (Lipinski definition) is 2. The molecule has 0 amide bonds. The molecule has 7 nitrogen and oxygen atoms in total. The van der Waals surface area contributed by atoms with Crippen LogP contribution in [0.1, 0.15) is 48.2 Å². The first-order chi connectivity index (χ1) is 12.4. The molecule has 3 aliphatic rings. The Hall–Kier alpha value is -2.54. The van der Waals surface area contributed by atoms with Crippen LogP contribution in [0.2, 0.25) is 0 Å². The highest BCUT2D eigenvalue weighted by Gasteiger charge is 2.47. The van der Waals surface area contributed by atoms with E-state index in [2.05, 4.69) is 0 Å². The molecule has 26 heavy (non-hydrogen) atoms. The average Bonchev–Trinajstić information content (AvgIpc) is 3.30. The van der Waals surface area contributed by atoms with Crippen LogP contribution >= 0.6 is 0 Å². The van der Waals surface area contributed by atoms with Crippen molar-refractivity contribution in [1.82, 2.24) is 0 Å². The van der Waals surface area contributed by atoms with Crippen molar-refractivity contribution in [1.29, 1.82) is 0 Å². The van der Waals surface area contributed by atoms with E-state index in [4.69, 9.17) is 14.2 Å². The standard InChI is InChI=1S/C19H20O7/c1-8-3-9-4-14(21)17(22)11(9)7-15-18(26-15)12-5-10(24-2)6-13(20)16(12)19(23)25-8/h5-6,8-9,15,18,20,22H,3-4,7H2,1-2H3. The quantitative estimate of drug-likeness (QED) is 0.586. The van der Waals surface area contributed by atoms with Crippen LogP contribution < -0.4 is 4.74 Å². The molecule has 2 aliphatic heterocycles. The largest absolute Gasteiger partial charge is 0.507 e. The maximum Gasteiger partial charge on any atom is 0.342 e. The van der Waals surface area contributed by atoms with E-state index in [1.54, 1.807) is 13.0 Å². The number of esters is 1. The number of hydrogen-bond acceptors (Lipinski definition) is 7. The lowest BCUT2D eigenvalue weighted by Gasteiger charge is -2.19. The minimum absolute atomic E-state index is 0.0755. The summed E-state index contributed by atoms with van der Waals surface area (Å²) in [5.41, 5.74) is 1.24. The zero-order chi connectivity index (χ0) is 18.6. The lowest BCUT2D eigenvalue weighted by molar-refractivity contribution is -0.117. The molecule has 0 saturated carbocycles. The van der Waals surface area contributed by atoms with E-state index in [1.165, 1.54) is 13.2 Å². The van der Waals surface area contributed by atoms with E-state index >= 15 is 0 Å². The Labute approximate surface area is 150 Å². The summed E-state index contributed by atoms with van der Waals surface area (Å²) in [7, 11) is 1.47. The molecule has 138 valence electrons. The van der Waals surface area contributed by atoms with Gasteiger partial charge in [0.15, 0.2) is 11.5 Å². The summed E-state index contributed by atoms with van der Waals surface area (Å²) in [6, 6.07) is 3.01. The number of carbonyl (C=O) groups excluding carboxylic acids is 2. The molecule has 0 spiro atoms. The van der Waals surface area contributed by atoms with Gasteiger partial charge >= 0.3 is 5.97 Å². The highest BCUT2D eigenvalue weighted by molar-refractivity contribution is 5.97. The van der Waals surface area contributed by atoms with Crippen LogP contribution in [0, 0.1) is 5.92 Å². The number of carbonyl (C=O) groups is 2. The van der Waals surface area contributed by atoms with Crippen molar-refractivity contribution in [2.45, 2.75) is 44.5 Å². The van der Waals surface area contributed by atoms with Gasteiger partial charge in [-0.1, -0.05) is 0 Å². The van der Waals surface area contributed by atoms with Gasteiger partial charge in [-0.15, -0.1) is 0 Å². The number of ether oxygens (including phenoxy) is 3. The third-order valence-corrected chi connectivity index (χ3v) is 5.29. The molecule has 0 radical (unpaired) electrons. The summed E-state index contributed by atoms with van der Waals surface area (Å²) in [5.74, 6) is -1.08. The SMILES string of the molecule is COc1cc(O)c2c(c1)C1OC1CC1=C(O)C(=O)CC1CC(C)OC2=O. The van der Waals surface area contributed by atoms with Gasteiger partial charge in [-0.3, -0.25) is 4.79 Å². The van der Waals surface area contributed by atoms with E-state index < -0.39 is 18.2 Å². The molecule has 0 bridgehead atoms. The van der Waals surface area contributed by atoms with Crippen LogP contribution in [0.25, 0.3) is 0 Å². The summed E-state index contributed by atoms with van der Waals surface area (Å²) in [6.07, 6.45) is -0.111. The fraction of sp³-hybridized carbons (Fsp3) is 0.474. The third kappa shape index (κ3) is 2.72. The molecule has 1 aromatic carbocycles. The molecule has 1 aromatic rings. The molecule has 7 heteroatoms. The first kappa shape index (κ1) is 16.9. The fourth-order valence-corrected chi connectivity index (χ4v) is 3.97. The van der Waals surface area contributed by atoms with Gasteiger partial charge in [0.05, 0.1) is 19.3 Å². The molecule has 1 saturated heterocycles. The molecular formula is C19H20O7. The number of methoxy groups -OCH3 is 1. The normalized spacial score (nSPS) is 30.7. The van der Waals surface area contributed by atoms with Crippen molar-refractivity contribution < 1.29 is 34.0 Å². The molecule has 1 aliphatic carbocycles. The summed E-state index contributed by atoms with van der Waals surface area (Å²) in [5, 5.41) is 20.5. The predicted molar refractivity (Wildman–Crippen MR) is 89.2 cm³/mol. The van der Waals surface area contributed by atoms with E-state index in [9.17, 15) is 19.8 Å². The van der Waals surface area contributed by atoms with E-state index in [-0.39, 0.29) is 41.3 Å². The van der Waals surface area contributed by atoms with E-state index in [1.807, 2.05) is 0 Å². The second-order valence-electron chi connectivity index (χ2n) is 7.06. The number of benzene rings is 1. The first-order valence-electron chi connectivity index (χ1n) is 8.61. The van der Waals surface area contributed by atoms with Gasteiger partial charge in [0, 0.05) is 24.5 Å². The lowest BCUT2D eigenvalue weighted by Crippen LogP contribution is -2.20. The maximum absolute atomic E-state index is 12.6. The number of phenols is 1. The van der Waals surface area contributed by atoms with Crippen molar-refractivity contribution in [2.24, 2.45) is 5.92 Å². The van der Waals surface area contributed by atoms with Crippen LogP contribution in [-0.2, 0) is 14.3 Å². The van der Waals surface area contributed by atoms with Gasteiger partial charge in [-0.05, 0) is 30.9 Å². The highest BCUT2D eigenvalue weighted by atomic mass is 16.6. The van der Waals surface area contributed by atoms with Gasteiger partial charge in [-0.2, -0.15) is 0 Å². The molecule has 0 aromatic heterocycles. The number of fused-ring (bicyclic) bond motifs is 4. The molecular weight excluding hydrogens is 340 g/mol. The summed E-state index contributed by atoms with van der Waals surface area (Å²) >= 11 is 0. The number of rotatable bonds is 1. The monoisotopic (exact) mass is 360 g/mol. The summed E-state index contributed by atoms with van der Waals surface area (Å²) in [4.78, 5) is 24.6. The molecule has 1 fully saturated rings. The van der Waals surface area contributed by atoms with Crippen LogP contribution in [0.5, 0.6) is 11.5 Å². The van der Waals surface area contributed by atoms with Crippen molar-refractivity contribution in [2.75, 3.05) is 7.11 Å². The van der Waals surface area contributed by atoms with Crippen molar-refractivity contribution in [3.8, 4) is 11.5 Å². The minimum atomic E-state index is -0.636. The number of phenolic OH excluding ortho intramolecular Hbond substituents is 1. The Morgan fingerprint density at radius 2 is 1.96 bits per heavy atom. The molecule has 2 N–H and O–H groups in total. The second kappa shape index (κ2) is 6.02. The Bertz CT molecular complexity index is 825. The Morgan fingerprint density at radius 3 is 2.69 bits per heavy atom. The lowest BCUT2D eigenvalue weighted by atomic mass is 9.91. The van der Waals surface area contributed by atoms with Gasteiger partial charge in [0.1, 0.15) is 23.2 Å².